The topological polar surface area (TPSA) is 70.3 Å². The molecule has 0 unspecified atom stereocenters. The number of rotatable bonds is 5. The summed E-state index contributed by atoms with van der Waals surface area (Å²) >= 11 is 0. The summed E-state index contributed by atoms with van der Waals surface area (Å²) in [6.45, 7) is 1.68. The Morgan fingerprint density at radius 3 is 1.53 bits per heavy atom. The second-order valence-corrected chi connectivity index (χ2v) is 14.7. The number of para-hydroxylation sites is 2. The molecule has 3 aromatic heterocycles. The van der Waals surface area contributed by atoms with Crippen LogP contribution < -0.4 is 0 Å². The number of pyridine rings is 1. The first-order valence-electron chi connectivity index (χ1n) is 19.0. The van der Waals surface area contributed by atoms with Gasteiger partial charge in [0, 0.05) is 27.1 Å². The molecule has 0 bridgehead atoms. The van der Waals surface area contributed by atoms with Crippen molar-refractivity contribution in [3.63, 3.8) is 0 Å². The molecule has 0 saturated carbocycles. The molecule has 10 rings (SSSR count). The third-order valence-corrected chi connectivity index (χ3v) is 11.1. The molecule has 8 heteroatoms. The highest BCUT2D eigenvalue weighted by atomic mass is 19.4. The normalized spacial score (nSPS) is 11.7. The second kappa shape index (κ2) is 13.6. The number of nitrogens with zero attached hydrogens (tertiary/aromatic N) is 5. The van der Waals surface area contributed by atoms with Crippen LogP contribution in [-0.2, 0) is 6.18 Å². The van der Waals surface area contributed by atoms with E-state index >= 15 is 0 Å². The Bertz CT molecular complexity index is 3390. The van der Waals surface area contributed by atoms with E-state index in [9.17, 15) is 23.7 Å². The van der Waals surface area contributed by atoms with Crippen LogP contribution in [-0.4, -0.2) is 14.1 Å². The lowest BCUT2D eigenvalue weighted by atomic mass is 9.99. The number of hydrogen-bond acceptors (Lipinski definition) is 3. The van der Waals surface area contributed by atoms with Crippen molar-refractivity contribution in [1.82, 2.24) is 14.1 Å². The fourth-order valence-corrected chi connectivity index (χ4v) is 8.35. The average Bonchev–Trinajstić information content (AvgIpc) is 3.78. The van der Waals surface area contributed by atoms with E-state index in [1.807, 2.05) is 72.8 Å². The number of aryl methyl sites for hydroxylation is 1. The Morgan fingerprint density at radius 1 is 0.492 bits per heavy atom. The van der Waals surface area contributed by atoms with E-state index in [0.717, 1.165) is 65.9 Å². The molecule has 280 valence electrons. The molecule has 10 aromatic rings. The highest BCUT2D eigenvalue weighted by Crippen LogP contribution is 2.42. The second-order valence-electron chi connectivity index (χ2n) is 14.7. The lowest BCUT2D eigenvalue weighted by Crippen LogP contribution is -2.07. The van der Waals surface area contributed by atoms with E-state index in [0.29, 0.717) is 39.3 Å². The van der Waals surface area contributed by atoms with Crippen molar-refractivity contribution in [2.24, 2.45) is 0 Å². The molecule has 0 saturated heterocycles. The molecule has 0 fully saturated rings. The molecule has 0 radical (unpaired) electrons. The number of benzene rings is 7. The minimum atomic E-state index is -4.56. The van der Waals surface area contributed by atoms with Gasteiger partial charge < -0.3 is 4.57 Å². The summed E-state index contributed by atoms with van der Waals surface area (Å²) in [5.41, 5.74) is 9.73. The van der Waals surface area contributed by atoms with E-state index in [4.69, 9.17) is 4.98 Å². The number of nitriles is 2. The van der Waals surface area contributed by atoms with Crippen LogP contribution in [0.2, 0.25) is 0 Å². The smallest absolute Gasteiger partial charge is 0.307 e. The van der Waals surface area contributed by atoms with Crippen LogP contribution in [0.3, 0.4) is 0 Å². The van der Waals surface area contributed by atoms with Gasteiger partial charge in [-0.3, -0.25) is 4.57 Å². The van der Waals surface area contributed by atoms with Gasteiger partial charge >= 0.3 is 6.18 Å². The summed E-state index contributed by atoms with van der Waals surface area (Å²) < 4.78 is 47.7. The number of fused-ring (bicyclic) bond motifs is 6. The molecule has 7 aromatic carbocycles. The van der Waals surface area contributed by atoms with Crippen LogP contribution in [0.4, 0.5) is 13.2 Å². The predicted molar refractivity (Wildman–Crippen MR) is 228 cm³/mol. The molecule has 0 atom stereocenters. The van der Waals surface area contributed by atoms with Crippen LogP contribution in [0.5, 0.6) is 0 Å². The Balaban J connectivity index is 1.26. The van der Waals surface area contributed by atoms with E-state index in [1.54, 1.807) is 43.5 Å². The summed E-state index contributed by atoms with van der Waals surface area (Å²) in [6, 6.07) is 53.8. The first-order valence-corrected chi connectivity index (χ1v) is 19.0. The summed E-state index contributed by atoms with van der Waals surface area (Å²) in [6.07, 6.45) is -2.79. The fraction of sp³-hybridized carbons (Fsp3) is 0.0392. The zero-order valence-electron chi connectivity index (χ0n) is 31.5. The van der Waals surface area contributed by atoms with Gasteiger partial charge in [-0.1, -0.05) is 91.0 Å². The number of alkyl halides is 3. The van der Waals surface area contributed by atoms with Gasteiger partial charge in [0.15, 0.2) is 0 Å². The third-order valence-electron chi connectivity index (χ3n) is 11.1. The van der Waals surface area contributed by atoms with Crippen molar-refractivity contribution in [2.45, 2.75) is 13.1 Å². The van der Waals surface area contributed by atoms with E-state index in [1.165, 1.54) is 12.1 Å². The predicted octanol–water partition coefficient (Wildman–Crippen LogP) is 13.3. The quantitative estimate of drug-likeness (QED) is 0.175. The molecule has 0 aliphatic rings. The van der Waals surface area contributed by atoms with Gasteiger partial charge in [-0.2, -0.15) is 23.7 Å². The minimum Gasteiger partial charge on any atom is -0.307 e. The summed E-state index contributed by atoms with van der Waals surface area (Å²) in [4.78, 5) is 5.15. The number of hydrogen-bond donors (Lipinski definition) is 0. The lowest BCUT2D eigenvalue weighted by molar-refractivity contribution is -0.137. The molecular formula is C51H30F3N5. The minimum absolute atomic E-state index is 0.407. The van der Waals surface area contributed by atoms with Crippen molar-refractivity contribution in [3.05, 3.63) is 186 Å². The van der Waals surface area contributed by atoms with Gasteiger partial charge in [-0.25, -0.2) is 4.98 Å². The van der Waals surface area contributed by atoms with Gasteiger partial charge in [0.25, 0.3) is 0 Å². The molecule has 0 spiro atoms. The Hall–Kier alpha value is -7.94. The monoisotopic (exact) mass is 769 g/mol. The maximum atomic E-state index is 14.5. The Kier molecular flexibility index (Phi) is 8.19. The molecule has 59 heavy (non-hydrogen) atoms. The van der Waals surface area contributed by atoms with Crippen molar-refractivity contribution in [3.8, 4) is 57.0 Å². The molecule has 5 nitrogen and oxygen atoms in total. The maximum absolute atomic E-state index is 14.5. The maximum Gasteiger partial charge on any atom is 0.416 e. The highest BCUT2D eigenvalue weighted by Gasteiger charge is 2.31. The Morgan fingerprint density at radius 2 is 0.983 bits per heavy atom. The van der Waals surface area contributed by atoms with E-state index < -0.39 is 11.7 Å². The Labute approximate surface area is 336 Å². The van der Waals surface area contributed by atoms with Crippen LogP contribution in [0.15, 0.2) is 164 Å². The highest BCUT2D eigenvalue weighted by molar-refractivity contribution is 6.12. The van der Waals surface area contributed by atoms with Gasteiger partial charge in [0.05, 0.1) is 62.8 Å². The zero-order chi connectivity index (χ0) is 40.4. The van der Waals surface area contributed by atoms with Gasteiger partial charge in [-0.15, -0.1) is 0 Å². The van der Waals surface area contributed by atoms with Crippen LogP contribution in [0, 0.1) is 29.6 Å². The summed E-state index contributed by atoms with van der Waals surface area (Å²) in [7, 11) is 0. The van der Waals surface area contributed by atoms with Crippen molar-refractivity contribution < 1.29 is 13.2 Å². The third kappa shape index (κ3) is 5.98. The molecule has 0 N–H and O–H groups in total. The van der Waals surface area contributed by atoms with Crippen LogP contribution in [0.25, 0.3) is 88.5 Å². The first kappa shape index (κ1) is 35.5. The fourth-order valence-electron chi connectivity index (χ4n) is 8.35. The largest absolute Gasteiger partial charge is 0.416 e. The SMILES string of the molecule is Cc1cc(-c2cc(-n3c4ccccc4c4ccc(-c5ccc(C#N)cc5)cc43)ncc2-n2c3ccccc3c3ccc(-c4ccc(C#N)cc4)cc32)cc(C(F)(F)F)c1. The molecule has 0 aliphatic carbocycles. The van der Waals surface area contributed by atoms with Gasteiger partial charge in [-0.05, 0) is 107 Å². The van der Waals surface area contributed by atoms with Gasteiger partial charge in [0.2, 0.25) is 0 Å². The molecule has 3 heterocycles. The van der Waals surface area contributed by atoms with Crippen molar-refractivity contribution >= 4 is 43.6 Å². The number of halogens is 3. The summed E-state index contributed by atoms with van der Waals surface area (Å²) in [5.74, 6) is 0.543. The van der Waals surface area contributed by atoms with Gasteiger partial charge in [0.1, 0.15) is 5.82 Å². The summed E-state index contributed by atoms with van der Waals surface area (Å²) in [5, 5.41) is 22.8. The van der Waals surface area contributed by atoms with Crippen molar-refractivity contribution in [1.29, 1.82) is 10.5 Å². The standard InChI is InChI=1S/C51H30F3N5/c1-31-22-38(24-39(23-31)51(52,53)54)44-27-50(59-46-9-5-3-7-41(46)43-21-19-37(26-48(43)59)35-16-12-33(29-56)13-17-35)57-30-49(44)58-45-8-4-2-6-40(45)42-20-18-36(25-47(42)58)34-14-10-32(28-55)11-15-34/h2-27,30H,1H3. The number of aromatic nitrogens is 3. The van der Waals surface area contributed by atoms with Crippen LogP contribution in [0.1, 0.15) is 22.3 Å². The first-order chi connectivity index (χ1) is 28.7. The van der Waals surface area contributed by atoms with Crippen LogP contribution >= 0.6 is 0 Å². The van der Waals surface area contributed by atoms with E-state index in [2.05, 4.69) is 63.7 Å². The average molecular weight is 770 g/mol. The molecular weight excluding hydrogens is 740 g/mol. The zero-order valence-corrected chi connectivity index (χ0v) is 31.5. The molecule has 0 amide bonds. The molecule has 0 aliphatic heterocycles. The van der Waals surface area contributed by atoms with E-state index in [-0.39, 0.29) is 0 Å². The van der Waals surface area contributed by atoms with Crippen molar-refractivity contribution in [2.75, 3.05) is 0 Å². The lowest BCUT2D eigenvalue weighted by Gasteiger charge is -2.18.